The fourth-order valence-corrected chi connectivity index (χ4v) is 7.19. The summed E-state index contributed by atoms with van der Waals surface area (Å²) in [6, 6.07) is 30.3. The SMILES string of the molecule is C=CC(=O)OCCCCOc1c(C)cc(-c2ccc(C#Cc3ccc(COc4ccc(C#Cc5ccc(-c6cc(C)c(OCCCCOC(=O)C=C)c(C)c6)cn5)cc4C)cc3)nc2)cc1C. The van der Waals surface area contributed by atoms with Gasteiger partial charge >= 0.3 is 11.9 Å². The maximum atomic E-state index is 11.2. The Hall–Kier alpha value is -7.88. The number of rotatable bonds is 19. The van der Waals surface area contributed by atoms with E-state index in [4.69, 9.17) is 23.7 Å². The molecule has 0 atom stereocenters. The first-order valence-corrected chi connectivity index (χ1v) is 22.4. The topological polar surface area (TPSA) is 106 Å². The summed E-state index contributed by atoms with van der Waals surface area (Å²) in [4.78, 5) is 31.6. The van der Waals surface area contributed by atoms with Crippen LogP contribution in [0.4, 0.5) is 0 Å². The van der Waals surface area contributed by atoms with Gasteiger partial charge < -0.3 is 23.7 Å². The number of hydrogen-bond donors (Lipinski definition) is 0. The van der Waals surface area contributed by atoms with Gasteiger partial charge in [0.2, 0.25) is 0 Å². The Balaban J connectivity index is 0.957. The van der Waals surface area contributed by atoms with Crippen LogP contribution in [0.1, 0.15) is 81.6 Å². The average molecular weight is 893 g/mol. The van der Waals surface area contributed by atoms with Crippen molar-refractivity contribution in [1.82, 2.24) is 9.97 Å². The van der Waals surface area contributed by atoms with Crippen molar-refractivity contribution >= 4 is 11.9 Å². The summed E-state index contributed by atoms with van der Waals surface area (Å²) < 4.78 is 28.4. The van der Waals surface area contributed by atoms with Crippen LogP contribution in [0.15, 0.2) is 129 Å². The molecule has 9 heteroatoms. The number of benzene rings is 4. The molecule has 340 valence electrons. The summed E-state index contributed by atoms with van der Waals surface area (Å²) in [6.07, 6.45) is 9.04. The fraction of sp³-hybridized carbons (Fsp3) is 0.241. The third-order valence-corrected chi connectivity index (χ3v) is 10.7. The molecule has 2 aromatic heterocycles. The van der Waals surface area contributed by atoms with Crippen LogP contribution in [0.2, 0.25) is 0 Å². The van der Waals surface area contributed by atoms with Gasteiger partial charge in [0.15, 0.2) is 0 Å². The molecule has 6 aromatic rings. The summed E-state index contributed by atoms with van der Waals surface area (Å²) in [5, 5.41) is 0. The number of pyridine rings is 2. The van der Waals surface area contributed by atoms with Crippen molar-refractivity contribution < 1.29 is 33.3 Å². The normalized spacial score (nSPS) is 10.4. The first-order valence-electron chi connectivity index (χ1n) is 22.4. The smallest absolute Gasteiger partial charge is 0.330 e. The average Bonchev–Trinajstić information content (AvgIpc) is 3.33. The van der Waals surface area contributed by atoms with Crippen molar-refractivity contribution in [2.75, 3.05) is 26.4 Å². The Labute approximate surface area is 394 Å². The second kappa shape index (κ2) is 24.4. The molecule has 0 aliphatic rings. The van der Waals surface area contributed by atoms with Gasteiger partial charge in [-0.1, -0.05) is 49.3 Å². The van der Waals surface area contributed by atoms with Crippen molar-refractivity contribution in [3.8, 4) is 63.2 Å². The number of nitrogens with zero attached hydrogens (tertiary/aromatic N) is 2. The summed E-state index contributed by atoms with van der Waals surface area (Å²) in [7, 11) is 0. The van der Waals surface area contributed by atoms with Crippen LogP contribution in [-0.4, -0.2) is 48.3 Å². The molecule has 0 spiro atoms. The summed E-state index contributed by atoms with van der Waals surface area (Å²) in [6.45, 7) is 19.2. The van der Waals surface area contributed by atoms with E-state index in [0.717, 1.165) is 110 Å². The van der Waals surface area contributed by atoms with E-state index >= 15 is 0 Å². The van der Waals surface area contributed by atoms with E-state index in [1.54, 1.807) is 0 Å². The van der Waals surface area contributed by atoms with Crippen molar-refractivity contribution in [2.45, 2.75) is 66.9 Å². The first kappa shape index (κ1) is 48.6. The third kappa shape index (κ3) is 14.6. The zero-order valence-corrected chi connectivity index (χ0v) is 39.0. The zero-order chi connectivity index (χ0) is 47.5. The molecule has 4 aromatic carbocycles. The summed E-state index contributed by atoms with van der Waals surface area (Å²) in [5.41, 5.74) is 13.5. The van der Waals surface area contributed by atoms with Crippen molar-refractivity contribution in [1.29, 1.82) is 0 Å². The van der Waals surface area contributed by atoms with Gasteiger partial charge in [-0.3, -0.25) is 0 Å². The van der Waals surface area contributed by atoms with Gasteiger partial charge in [0, 0.05) is 46.8 Å². The van der Waals surface area contributed by atoms with Gasteiger partial charge in [0.05, 0.1) is 26.4 Å². The third-order valence-electron chi connectivity index (χ3n) is 10.7. The molecule has 2 heterocycles. The lowest BCUT2D eigenvalue weighted by Gasteiger charge is -2.14. The number of unbranched alkanes of at least 4 members (excludes halogenated alkanes) is 2. The highest BCUT2D eigenvalue weighted by Gasteiger charge is 2.11. The largest absolute Gasteiger partial charge is 0.493 e. The molecule has 0 amide bonds. The number of esters is 2. The highest BCUT2D eigenvalue weighted by atomic mass is 16.5. The molecule has 0 bridgehead atoms. The monoisotopic (exact) mass is 892 g/mol. The maximum absolute atomic E-state index is 11.2. The van der Waals surface area contributed by atoms with Crippen LogP contribution in [0.3, 0.4) is 0 Å². The standard InChI is InChI=1S/C58H56N2O7/c1-8-55(61)63-28-10-12-30-65-57-41(4)33-50(34-42(57)5)48-21-25-52(59-37-48)23-18-45-14-16-47(17-15-45)39-67-54-27-20-46(32-40(54)3)19-24-53-26-22-49(38-60-53)51-35-43(6)58(44(7)36-51)66-31-13-11-29-64-56(62)9-2/h8-9,14-17,20-22,25-27,32-38H,1-2,10-13,28-31,39H2,3-7H3. The van der Waals surface area contributed by atoms with Gasteiger partial charge in [0.25, 0.3) is 0 Å². The molecule has 0 aliphatic carbocycles. The Morgan fingerprint density at radius 3 is 1.37 bits per heavy atom. The van der Waals surface area contributed by atoms with E-state index in [1.807, 2.05) is 114 Å². The van der Waals surface area contributed by atoms with Crippen LogP contribution in [0.25, 0.3) is 22.3 Å². The van der Waals surface area contributed by atoms with Crippen LogP contribution in [-0.2, 0) is 25.7 Å². The van der Waals surface area contributed by atoms with E-state index in [0.29, 0.717) is 44.4 Å². The molecule has 0 radical (unpaired) electrons. The van der Waals surface area contributed by atoms with E-state index in [9.17, 15) is 9.59 Å². The second-order valence-corrected chi connectivity index (χ2v) is 16.1. The highest BCUT2D eigenvalue weighted by Crippen LogP contribution is 2.32. The molecular formula is C58H56N2O7. The lowest BCUT2D eigenvalue weighted by Crippen LogP contribution is -2.05. The molecule has 6 rings (SSSR count). The van der Waals surface area contributed by atoms with Crippen molar-refractivity contribution in [2.24, 2.45) is 0 Å². The number of carbonyl (C=O) groups excluding carboxylic acids is 2. The highest BCUT2D eigenvalue weighted by molar-refractivity contribution is 5.81. The lowest BCUT2D eigenvalue weighted by atomic mass is 10.0. The van der Waals surface area contributed by atoms with Gasteiger partial charge in [0.1, 0.15) is 35.2 Å². The van der Waals surface area contributed by atoms with Crippen LogP contribution in [0.5, 0.6) is 17.2 Å². The molecule has 0 fully saturated rings. The van der Waals surface area contributed by atoms with Gasteiger partial charge in [-0.05, 0) is 183 Å². The van der Waals surface area contributed by atoms with Crippen molar-refractivity contribution in [3.05, 3.63) is 185 Å². The maximum Gasteiger partial charge on any atom is 0.330 e. The number of hydrogen-bond acceptors (Lipinski definition) is 9. The Kier molecular flexibility index (Phi) is 17.7. The number of ether oxygens (including phenoxy) is 5. The minimum Gasteiger partial charge on any atom is -0.493 e. The van der Waals surface area contributed by atoms with Crippen molar-refractivity contribution in [3.63, 3.8) is 0 Å². The number of aromatic nitrogens is 2. The Morgan fingerprint density at radius 1 is 0.493 bits per heavy atom. The summed E-state index contributed by atoms with van der Waals surface area (Å²) in [5.74, 6) is 14.6. The molecule has 67 heavy (non-hydrogen) atoms. The molecule has 0 saturated carbocycles. The lowest BCUT2D eigenvalue weighted by molar-refractivity contribution is -0.138. The Bertz CT molecular complexity index is 2780. The quantitative estimate of drug-likeness (QED) is 0.0340. The molecule has 0 unspecified atom stereocenters. The molecule has 9 nitrogen and oxygen atoms in total. The van der Waals surface area contributed by atoms with Crippen LogP contribution in [0, 0.1) is 58.3 Å². The minimum atomic E-state index is -0.405. The van der Waals surface area contributed by atoms with Crippen LogP contribution < -0.4 is 14.2 Å². The van der Waals surface area contributed by atoms with Gasteiger partial charge in [-0.25, -0.2) is 19.6 Å². The first-order chi connectivity index (χ1) is 32.5. The Morgan fingerprint density at radius 2 is 0.940 bits per heavy atom. The molecule has 0 saturated heterocycles. The second-order valence-electron chi connectivity index (χ2n) is 16.1. The number of carbonyl (C=O) groups is 2. The van der Waals surface area contributed by atoms with E-state index < -0.39 is 11.9 Å². The van der Waals surface area contributed by atoms with Gasteiger partial charge in [-0.15, -0.1) is 0 Å². The van der Waals surface area contributed by atoms with Gasteiger partial charge in [-0.2, -0.15) is 0 Å². The fourth-order valence-electron chi connectivity index (χ4n) is 7.19. The predicted octanol–water partition coefficient (Wildman–Crippen LogP) is 11.5. The predicted molar refractivity (Wildman–Crippen MR) is 264 cm³/mol. The van der Waals surface area contributed by atoms with Crippen LogP contribution >= 0.6 is 0 Å². The minimum absolute atomic E-state index is 0.354. The van der Waals surface area contributed by atoms with E-state index in [2.05, 4.69) is 71.1 Å². The zero-order valence-electron chi connectivity index (χ0n) is 39.0. The molecule has 0 N–H and O–H groups in total. The van der Waals surface area contributed by atoms with E-state index in [1.165, 1.54) is 12.2 Å². The van der Waals surface area contributed by atoms with E-state index in [-0.39, 0.29) is 0 Å². The number of aryl methyl sites for hydroxylation is 5. The summed E-state index contributed by atoms with van der Waals surface area (Å²) >= 11 is 0. The molecule has 0 aliphatic heterocycles. The molecular weight excluding hydrogens is 837 g/mol.